The van der Waals surface area contributed by atoms with E-state index in [0.717, 1.165) is 11.3 Å². The quantitative estimate of drug-likeness (QED) is 0.366. The zero-order chi connectivity index (χ0) is 17.4. The molecular weight excluding hydrogens is 330 g/mol. The molecule has 130 valence electrons. The third-order valence-electron chi connectivity index (χ3n) is 3.49. The first-order chi connectivity index (χ1) is 11.7. The summed E-state index contributed by atoms with van der Waals surface area (Å²) in [6.45, 7) is 4.64. The van der Waals surface area contributed by atoms with Crippen LogP contribution in [0.2, 0.25) is 0 Å². The molecule has 0 aromatic heterocycles. The predicted octanol–water partition coefficient (Wildman–Crippen LogP) is 2.19. The zero-order valence-corrected chi connectivity index (χ0v) is 14.4. The van der Waals surface area contributed by atoms with Crippen molar-refractivity contribution in [2.45, 2.75) is 18.3 Å². The van der Waals surface area contributed by atoms with Crippen LogP contribution in [0, 0.1) is 0 Å². The molecule has 1 aliphatic rings. The highest BCUT2D eigenvalue weighted by Gasteiger charge is 2.37. The van der Waals surface area contributed by atoms with Crippen LogP contribution in [0.5, 0.6) is 5.75 Å². The number of ether oxygens (including phenoxy) is 3. The van der Waals surface area contributed by atoms with Gasteiger partial charge in [0.15, 0.2) is 0 Å². The average Bonchev–Trinajstić information content (AvgIpc) is 2.86. The lowest BCUT2D eigenvalue weighted by atomic mass is 10.2. The van der Waals surface area contributed by atoms with Crippen LogP contribution in [0.1, 0.15) is 12.0 Å². The Morgan fingerprint density at radius 1 is 1.25 bits per heavy atom. The van der Waals surface area contributed by atoms with E-state index in [1.165, 1.54) is 22.9 Å². The summed E-state index contributed by atoms with van der Waals surface area (Å²) < 4.78 is 16.0. The average molecular weight is 351 g/mol. The van der Waals surface area contributed by atoms with Crippen molar-refractivity contribution in [1.82, 2.24) is 4.90 Å². The van der Waals surface area contributed by atoms with E-state index in [4.69, 9.17) is 14.2 Å². The van der Waals surface area contributed by atoms with Crippen molar-refractivity contribution in [2.75, 3.05) is 26.2 Å². The zero-order valence-electron chi connectivity index (χ0n) is 13.6. The summed E-state index contributed by atoms with van der Waals surface area (Å²) in [5.41, 5.74) is 1.01. The smallest absolute Gasteiger partial charge is 0.244 e. The summed E-state index contributed by atoms with van der Waals surface area (Å²) in [7, 11) is 0. The van der Waals surface area contributed by atoms with Gasteiger partial charge in [0.05, 0.1) is 31.3 Å². The number of imide groups is 1. The van der Waals surface area contributed by atoms with Gasteiger partial charge in [-0.25, -0.2) is 0 Å². The van der Waals surface area contributed by atoms with E-state index in [2.05, 4.69) is 6.58 Å². The SMILES string of the molecule is C=COc1ccc(COCCOCN2C(=O)CC(SC)C2=O)cc1. The molecule has 7 heteroatoms. The standard InChI is InChI=1S/C17H21NO5S/c1-3-23-14-6-4-13(5-7-14)11-21-8-9-22-12-18-16(19)10-15(24-2)17(18)20/h3-7,15H,1,8-12H2,2H3. The van der Waals surface area contributed by atoms with E-state index in [-0.39, 0.29) is 30.2 Å². The lowest BCUT2D eigenvalue weighted by molar-refractivity contribution is -0.145. The number of carbonyl (C=O) groups is 2. The molecule has 1 aromatic carbocycles. The number of nitrogens with zero attached hydrogens (tertiary/aromatic N) is 1. The van der Waals surface area contributed by atoms with Gasteiger partial charge < -0.3 is 14.2 Å². The number of likely N-dealkylation sites (tertiary alicyclic amines) is 1. The van der Waals surface area contributed by atoms with E-state index in [9.17, 15) is 9.59 Å². The van der Waals surface area contributed by atoms with Crippen LogP contribution in [0.4, 0.5) is 0 Å². The van der Waals surface area contributed by atoms with Crippen molar-refractivity contribution in [3.05, 3.63) is 42.7 Å². The molecule has 1 unspecified atom stereocenters. The topological polar surface area (TPSA) is 65.1 Å². The van der Waals surface area contributed by atoms with Crippen molar-refractivity contribution < 1.29 is 23.8 Å². The van der Waals surface area contributed by atoms with Crippen molar-refractivity contribution in [2.24, 2.45) is 0 Å². The maximum Gasteiger partial charge on any atom is 0.244 e. The Balaban J connectivity index is 1.61. The van der Waals surface area contributed by atoms with Gasteiger partial charge in [0.1, 0.15) is 12.5 Å². The number of hydrogen-bond donors (Lipinski definition) is 0. The molecule has 1 saturated heterocycles. The number of thioether (sulfide) groups is 1. The fourth-order valence-electron chi connectivity index (χ4n) is 2.20. The molecule has 1 heterocycles. The highest BCUT2D eigenvalue weighted by molar-refractivity contribution is 8.00. The second-order valence-electron chi connectivity index (χ2n) is 5.11. The first-order valence-corrected chi connectivity index (χ1v) is 8.83. The molecule has 0 saturated carbocycles. The maximum absolute atomic E-state index is 11.9. The summed E-state index contributed by atoms with van der Waals surface area (Å²) in [5, 5.41) is -0.273. The molecule has 1 atom stereocenters. The van der Waals surface area contributed by atoms with Gasteiger partial charge in [0.2, 0.25) is 11.8 Å². The minimum atomic E-state index is -0.273. The highest BCUT2D eigenvalue weighted by Crippen LogP contribution is 2.22. The minimum absolute atomic E-state index is 0.00826. The molecule has 2 amide bonds. The van der Waals surface area contributed by atoms with Gasteiger partial charge in [0, 0.05) is 6.42 Å². The monoisotopic (exact) mass is 351 g/mol. The lowest BCUT2D eigenvalue weighted by Gasteiger charge is -2.14. The number of hydrogen-bond acceptors (Lipinski definition) is 6. The van der Waals surface area contributed by atoms with E-state index in [1.54, 1.807) is 0 Å². The molecule has 1 fully saturated rings. The molecule has 0 aliphatic carbocycles. The third-order valence-corrected chi connectivity index (χ3v) is 4.43. The Morgan fingerprint density at radius 2 is 1.96 bits per heavy atom. The molecule has 0 N–H and O–H groups in total. The van der Waals surface area contributed by atoms with Gasteiger partial charge in [-0.3, -0.25) is 14.5 Å². The largest absolute Gasteiger partial charge is 0.466 e. The molecule has 6 nitrogen and oxygen atoms in total. The van der Waals surface area contributed by atoms with Crippen molar-refractivity contribution in [3.8, 4) is 5.75 Å². The second kappa shape index (κ2) is 9.46. The number of carbonyl (C=O) groups excluding carboxylic acids is 2. The van der Waals surface area contributed by atoms with Gasteiger partial charge >= 0.3 is 0 Å². The maximum atomic E-state index is 11.9. The predicted molar refractivity (Wildman–Crippen MR) is 91.5 cm³/mol. The van der Waals surface area contributed by atoms with Gasteiger partial charge in [-0.15, -0.1) is 0 Å². The Labute approximate surface area is 145 Å². The Hall–Kier alpha value is -1.83. The number of rotatable bonds is 10. The van der Waals surface area contributed by atoms with Gasteiger partial charge in [-0.05, 0) is 24.0 Å². The van der Waals surface area contributed by atoms with Crippen molar-refractivity contribution >= 4 is 23.6 Å². The Kier molecular flexibility index (Phi) is 7.30. The molecule has 0 radical (unpaired) electrons. The summed E-state index contributed by atoms with van der Waals surface area (Å²) in [6, 6.07) is 7.49. The van der Waals surface area contributed by atoms with Crippen LogP contribution < -0.4 is 4.74 Å². The van der Waals surface area contributed by atoms with Crippen LogP contribution in [-0.4, -0.2) is 48.2 Å². The molecular formula is C17H21NO5S. The molecule has 1 aromatic rings. The first-order valence-electron chi connectivity index (χ1n) is 7.54. The molecule has 24 heavy (non-hydrogen) atoms. The number of benzene rings is 1. The molecule has 0 spiro atoms. The normalized spacial score (nSPS) is 17.4. The molecule has 2 rings (SSSR count). The summed E-state index contributed by atoms with van der Waals surface area (Å²) >= 11 is 1.39. The first kappa shape index (κ1) is 18.5. The van der Waals surface area contributed by atoms with Gasteiger partial charge in [-0.1, -0.05) is 18.7 Å². The van der Waals surface area contributed by atoms with E-state index >= 15 is 0 Å². The summed E-state index contributed by atoms with van der Waals surface area (Å²) in [4.78, 5) is 24.7. The van der Waals surface area contributed by atoms with Crippen LogP contribution in [0.3, 0.4) is 0 Å². The molecule has 1 aliphatic heterocycles. The molecule has 0 bridgehead atoms. The van der Waals surface area contributed by atoms with Gasteiger partial charge in [-0.2, -0.15) is 11.8 Å². The van der Waals surface area contributed by atoms with Crippen LogP contribution >= 0.6 is 11.8 Å². The van der Waals surface area contributed by atoms with Crippen molar-refractivity contribution in [3.63, 3.8) is 0 Å². The lowest BCUT2D eigenvalue weighted by Crippen LogP contribution is -2.33. The fraction of sp³-hybridized carbons (Fsp3) is 0.412. The van der Waals surface area contributed by atoms with E-state index in [1.807, 2.05) is 30.5 Å². The number of amides is 2. The highest BCUT2D eigenvalue weighted by atomic mass is 32.2. The summed E-state index contributed by atoms with van der Waals surface area (Å²) in [6.07, 6.45) is 3.45. The minimum Gasteiger partial charge on any atom is -0.466 e. The van der Waals surface area contributed by atoms with E-state index in [0.29, 0.717) is 19.8 Å². The van der Waals surface area contributed by atoms with Crippen LogP contribution in [0.15, 0.2) is 37.1 Å². The second-order valence-corrected chi connectivity index (χ2v) is 6.15. The van der Waals surface area contributed by atoms with Crippen LogP contribution in [0.25, 0.3) is 0 Å². The Morgan fingerprint density at radius 3 is 2.58 bits per heavy atom. The Bertz CT molecular complexity index is 575. The van der Waals surface area contributed by atoms with Crippen LogP contribution in [-0.2, 0) is 25.7 Å². The summed E-state index contributed by atoms with van der Waals surface area (Å²) in [5.74, 6) is 0.373. The van der Waals surface area contributed by atoms with Crippen molar-refractivity contribution in [1.29, 1.82) is 0 Å². The third kappa shape index (κ3) is 5.09. The van der Waals surface area contributed by atoms with E-state index < -0.39 is 0 Å². The fourth-order valence-corrected chi connectivity index (χ4v) is 2.83. The van der Waals surface area contributed by atoms with Gasteiger partial charge in [0.25, 0.3) is 0 Å².